The van der Waals surface area contributed by atoms with Crippen LogP contribution in [0, 0.1) is 0 Å². The van der Waals surface area contributed by atoms with Crippen LogP contribution in [0.5, 0.6) is 0 Å². The third-order valence-electron chi connectivity index (χ3n) is 2.44. The molecule has 1 rings (SSSR count). The Balaban J connectivity index is 2.82. The molecule has 0 aliphatic heterocycles. The van der Waals surface area contributed by atoms with Gasteiger partial charge < -0.3 is 5.73 Å². The molecule has 0 aromatic heterocycles. The van der Waals surface area contributed by atoms with Gasteiger partial charge in [0, 0.05) is 5.69 Å². The van der Waals surface area contributed by atoms with Gasteiger partial charge in [-0.1, -0.05) is 19.8 Å². The minimum absolute atomic E-state index is 0.124. The van der Waals surface area contributed by atoms with Crippen molar-refractivity contribution in [3.63, 3.8) is 0 Å². The molecule has 1 aromatic rings. The first-order valence-corrected chi connectivity index (χ1v) is 9.02. The van der Waals surface area contributed by atoms with Crippen molar-refractivity contribution >= 4 is 25.7 Å². The van der Waals surface area contributed by atoms with Gasteiger partial charge in [-0.05, 0) is 30.7 Å². The maximum atomic E-state index is 11.9. The highest BCUT2D eigenvalue weighted by Gasteiger charge is 2.22. The molecule has 0 bridgehead atoms. The summed E-state index contributed by atoms with van der Waals surface area (Å²) in [5.74, 6) is -0.199. The standard InChI is InChI=1S/C11H18N2O4S2/c1-2-3-4-9-18(14,15)13-19(16,17)11-7-5-10(12)6-8-11/h5-8,13H,2-4,9,12H2,1H3. The van der Waals surface area contributed by atoms with Crippen LogP contribution >= 0.6 is 0 Å². The summed E-state index contributed by atoms with van der Waals surface area (Å²) in [4.78, 5) is -0.124. The van der Waals surface area contributed by atoms with Crippen LogP contribution in [0.25, 0.3) is 0 Å². The zero-order valence-electron chi connectivity index (χ0n) is 10.7. The highest BCUT2D eigenvalue weighted by atomic mass is 32.3. The molecule has 0 aliphatic carbocycles. The molecule has 0 heterocycles. The molecule has 0 aliphatic rings. The third kappa shape index (κ3) is 5.17. The average molecular weight is 306 g/mol. The number of anilines is 1. The van der Waals surface area contributed by atoms with E-state index in [2.05, 4.69) is 0 Å². The summed E-state index contributed by atoms with van der Waals surface area (Å²) >= 11 is 0. The number of nitrogens with two attached hydrogens (primary N) is 1. The summed E-state index contributed by atoms with van der Waals surface area (Å²) < 4.78 is 48.7. The lowest BCUT2D eigenvalue weighted by atomic mass is 10.3. The lowest BCUT2D eigenvalue weighted by molar-refractivity contribution is 0.574. The molecular formula is C11H18N2O4S2. The summed E-state index contributed by atoms with van der Waals surface area (Å²) in [6.07, 6.45) is 2.03. The fourth-order valence-corrected chi connectivity index (χ4v) is 4.58. The van der Waals surface area contributed by atoms with E-state index >= 15 is 0 Å². The van der Waals surface area contributed by atoms with E-state index in [1.165, 1.54) is 24.3 Å². The number of rotatable bonds is 7. The monoisotopic (exact) mass is 306 g/mol. The van der Waals surface area contributed by atoms with Crippen molar-refractivity contribution in [1.82, 2.24) is 4.13 Å². The molecule has 0 radical (unpaired) electrons. The van der Waals surface area contributed by atoms with Crippen LogP contribution < -0.4 is 9.86 Å². The van der Waals surface area contributed by atoms with E-state index in [4.69, 9.17) is 5.73 Å². The number of unbranched alkanes of at least 4 members (excludes halogenated alkanes) is 2. The highest BCUT2D eigenvalue weighted by Crippen LogP contribution is 2.12. The van der Waals surface area contributed by atoms with E-state index in [1.807, 2.05) is 6.92 Å². The van der Waals surface area contributed by atoms with Crippen LogP contribution in [0.3, 0.4) is 0 Å². The molecule has 19 heavy (non-hydrogen) atoms. The predicted octanol–water partition coefficient (Wildman–Crippen LogP) is 1.07. The van der Waals surface area contributed by atoms with Gasteiger partial charge in [0.15, 0.2) is 0 Å². The Hall–Kier alpha value is -1.12. The van der Waals surface area contributed by atoms with E-state index in [9.17, 15) is 16.8 Å². The van der Waals surface area contributed by atoms with Crippen molar-refractivity contribution in [2.24, 2.45) is 0 Å². The molecule has 108 valence electrons. The van der Waals surface area contributed by atoms with Gasteiger partial charge in [0.05, 0.1) is 10.6 Å². The SMILES string of the molecule is CCCCCS(=O)(=O)NS(=O)(=O)c1ccc(N)cc1. The van der Waals surface area contributed by atoms with Crippen LogP contribution in [-0.2, 0) is 20.0 Å². The molecule has 0 saturated heterocycles. The van der Waals surface area contributed by atoms with Gasteiger partial charge in [0.2, 0.25) is 10.0 Å². The Labute approximate surface area is 114 Å². The Kier molecular flexibility index (Phi) is 5.33. The molecular weight excluding hydrogens is 288 g/mol. The van der Waals surface area contributed by atoms with Crippen molar-refractivity contribution in [2.75, 3.05) is 11.5 Å². The van der Waals surface area contributed by atoms with E-state index in [0.717, 1.165) is 12.8 Å². The smallest absolute Gasteiger partial charge is 0.253 e. The van der Waals surface area contributed by atoms with Gasteiger partial charge in [0.1, 0.15) is 0 Å². The maximum absolute atomic E-state index is 11.9. The molecule has 0 fully saturated rings. The van der Waals surface area contributed by atoms with E-state index in [0.29, 0.717) is 12.1 Å². The fraction of sp³-hybridized carbons (Fsp3) is 0.455. The first kappa shape index (κ1) is 15.9. The number of nitrogen functional groups attached to an aromatic ring is 1. The van der Waals surface area contributed by atoms with Crippen LogP contribution in [0.4, 0.5) is 5.69 Å². The molecule has 0 spiro atoms. The van der Waals surface area contributed by atoms with Crippen molar-refractivity contribution in [3.8, 4) is 0 Å². The molecule has 0 unspecified atom stereocenters. The van der Waals surface area contributed by atoms with Gasteiger partial charge in [-0.3, -0.25) is 0 Å². The summed E-state index contributed by atoms with van der Waals surface area (Å²) in [7, 11) is -7.90. The van der Waals surface area contributed by atoms with Crippen LogP contribution in [0.15, 0.2) is 29.2 Å². The van der Waals surface area contributed by atoms with Crippen molar-refractivity contribution in [1.29, 1.82) is 0 Å². The summed E-state index contributed by atoms with van der Waals surface area (Å²) in [6.45, 7) is 1.94. The van der Waals surface area contributed by atoms with Crippen molar-refractivity contribution in [3.05, 3.63) is 24.3 Å². The van der Waals surface area contributed by atoms with E-state index in [-0.39, 0.29) is 10.6 Å². The lowest BCUT2D eigenvalue weighted by Crippen LogP contribution is -2.32. The second-order valence-corrected chi connectivity index (χ2v) is 7.96. The number of hydrogen-bond acceptors (Lipinski definition) is 5. The lowest BCUT2D eigenvalue weighted by Gasteiger charge is -2.07. The van der Waals surface area contributed by atoms with Gasteiger partial charge in [-0.25, -0.2) is 16.8 Å². The largest absolute Gasteiger partial charge is 0.399 e. The number of sulfonamides is 2. The minimum Gasteiger partial charge on any atom is -0.399 e. The molecule has 0 atom stereocenters. The first-order valence-electron chi connectivity index (χ1n) is 5.88. The van der Waals surface area contributed by atoms with Gasteiger partial charge in [0.25, 0.3) is 10.0 Å². The first-order chi connectivity index (χ1) is 8.77. The molecule has 3 N–H and O–H groups in total. The van der Waals surface area contributed by atoms with Gasteiger partial charge in [-0.2, -0.15) is 0 Å². The minimum atomic E-state index is -4.07. The quantitative estimate of drug-likeness (QED) is 0.579. The Morgan fingerprint density at radius 2 is 1.63 bits per heavy atom. The normalized spacial score (nSPS) is 12.5. The second-order valence-electron chi connectivity index (χ2n) is 4.18. The highest BCUT2D eigenvalue weighted by molar-refractivity contribution is 8.04. The van der Waals surface area contributed by atoms with Crippen molar-refractivity contribution in [2.45, 2.75) is 31.1 Å². The number of nitrogens with one attached hydrogen (secondary N) is 1. The Morgan fingerprint density at radius 3 is 2.16 bits per heavy atom. The summed E-state index contributed by atoms with van der Waals surface area (Å²) in [5, 5.41) is 0. The van der Waals surface area contributed by atoms with E-state index in [1.54, 1.807) is 4.13 Å². The van der Waals surface area contributed by atoms with Crippen molar-refractivity contribution < 1.29 is 16.8 Å². The van der Waals surface area contributed by atoms with Crippen LogP contribution in [0.2, 0.25) is 0 Å². The molecule has 0 amide bonds. The summed E-state index contributed by atoms with van der Waals surface area (Å²) in [6, 6.07) is 5.33. The van der Waals surface area contributed by atoms with Crippen LogP contribution in [-0.4, -0.2) is 22.6 Å². The zero-order valence-corrected chi connectivity index (χ0v) is 12.3. The van der Waals surface area contributed by atoms with Gasteiger partial charge in [-0.15, -0.1) is 4.13 Å². The third-order valence-corrected chi connectivity index (χ3v) is 6.06. The Morgan fingerprint density at radius 1 is 1.05 bits per heavy atom. The molecule has 0 saturated carbocycles. The van der Waals surface area contributed by atoms with Crippen LogP contribution in [0.1, 0.15) is 26.2 Å². The maximum Gasteiger partial charge on any atom is 0.253 e. The zero-order chi connectivity index (χ0) is 14.5. The number of benzene rings is 1. The average Bonchev–Trinajstić information content (AvgIpc) is 2.28. The molecule has 1 aromatic carbocycles. The fourth-order valence-electron chi connectivity index (χ4n) is 1.45. The molecule has 6 nitrogen and oxygen atoms in total. The van der Waals surface area contributed by atoms with Gasteiger partial charge >= 0.3 is 0 Å². The second kappa shape index (κ2) is 6.36. The Bertz CT molecular complexity index is 607. The summed E-state index contributed by atoms with van der Waals surface area (Å²) in [5.41, 5.74) is 5.85. The number of hydrogen-bond donors (Lipinski definition) is 2. The molecule has 8 heteroatoms. The van der Waals surface area contributed by atoms with E-state index < -0.39 is 20.0 Å². The predicted molar refractivity (Wildman–Crippen MR) is 74.5 cm³/mol. The topological polar surface area (TPSA) is 106 Å².